The van der Waals surface area contributed by atoms with Crippen molar-refractivity contribution >= 4 is 44.0 Å². The monoisotopic (exact) mass is 443 g/mol. The van der Waals surface area contributed by atoms with Crippen molar-refractivity contribution in [1.29, 1.82) is 0 Å². The van der Waals surface area contributed by atoms with Gasteiger partial charge in [0, 0.05) is 17.3 Å². The fraction of sp³-hybridized carbons (Fsp3) is 0. The summed E-state index contributed by atoms with van der Waals surface area (Å²) >= 11 is 0.875. The third kappa shape index (κ3) is 3.73. The molecule has 0 saturated heterocycles. The normalized spacial score (nSPS) is 11.3. The SMILES string of the molecule is O=C(Nc1ccc(-n2c(=O)[nH]c3ccccc3c2=O)cc1)NS(=O)(=O)c1nccs1. The smallest absolute Gasteiger partial charge is 0.307 e. The lowest BCUT2D eigenvalue weighted by Crippen LogP contribution is -2.34. The number of nitrogens with one attached hydrogen (secondary N) is 3. The van der Waals surface area contributed by atoms with E-state index in [1.807, 2.05) is 4.72 Å². The molecule has 2 heterocycles. The standard InChI is InChI=1S/C18H13N5O5S2/c24-15-13-3-1-2-4-14(13)21-17(26)23(15)12-7-5-11(6-8-12)20-16(25)22-30(27,28)18-19-9-10-29-18/h1-10H,(H,21,26)(H2,20,22,25). The third-order valence-electron chi connectivity index (χ3n) is 4.06. The van der Waals surface area contributed by atoms with Crippen LogP contribution in [0.15, 0.2) is 74.0 Å². The zero-order chi connectivity index (χ0) is 21.3. The number of urea groups is 1. The first kappa shape index (κ1) is 19.5. The Balaban J connectivity index is 1.57. The summed E-state index contributed by atoms with van der Waals surface area (Å²) in [5.74, 6) is 0. The molecule has 2 amide bonds. The van der Waals surface area contributed by atoms with Crippen molar-refractivity contribution < 1.29 is 13.2 Å². The van der Waals surface area contributed by atoms with Gasteiger partial charge >= 0.3 is 11.7 Å². The van der Waals surface area contributed by atoms with Crippen molar-refractivity contribution in [2.24, 2.45) is 0 Å². The molecule has 3 N–H and O–H groups in total. The zero-order valence-electron chi connectivity index (χ0n) is 15.0. The zero-order valence-corrected chi connectivity index (χ0v) is 16.7. The van der Waals surface area contributed by atoms with Crippen LogP contribution in [0.4, 0.5) is 10.5 Å². The number of hydrogen-bond acceptors (Lipinski definition) is 7. The van der Waals surface area contributed by atoms with Crippen molar-refractivity contribution in [2.45, 2.75) is 4.34 Å². The van der Waals surface area contributed by atoms with Crippen molar-refractivity contribution in [3.05, 3.63) is 80.9 Å². The van der Waals surface area contributed by atoms with E-state index in [0.717, 1.165) is 15.9 Å². The highest BCUT2D eigenvalue weighted by molar-refractivity contribution is 7.92. The molecule has 0 aliphatic heterocycles. The minimum absolute atomic E-state index is 0.233. The lowest BCUT2D eigenvalue weighted by atomic mass is 10.2. The molecule has 0 atom stereocenters. The molecule has 4 rings (SSSR count). The van der Waals surface area contributed by atoms with E-state index < -0.39 is 27.3 Å². The van der Waals surface area contributed by atoms with Gasteiger partial charge in [-0.3, -0.25) is 4.79 Å². The Hall–Kier alpha value is -3.77. The van der Waals surface area contributed by atoms with E-state index >= 15 is 0 Å². The third-order valence-corrected chi connectivity index (χ3v) is 6.59. The maximum atomic E-state index is 12.7. The van der Waals surface area contributed by atoms with Gasteiger partial charge in [0.25, 0.3) is 15.6 Å². The molecule has 30 heavy (non-hydrogen) atoms. The maximum absolute atomic E-state index is 12.7. The average molecular weight is 443 g/mol. The van der Waals surface area contributed by atoms with Gasteiger partial charge in [-0.05, 0) is 36.4 Å². The van der Waals surface area contributed by atoms with Gasteiger partial charge in [0.15, 0.2) is 0 Å². The second-order valence-electron chi connectivity index (χ2n) is 6.02. The van der Waals surface area contributed by atoms with Crippen molar-refractivity contribution in [1.82, 2.24) is 19.3 Å². The Labute approximate surface area is 172 Å². The van der Waals surface area contributed by atoms with Crippen LogP contribution in [0.3, 0.4) is 0 Å². The van der Waals surface area contributed by atoms with E-state index in [4.69, 9.17) is 0 Å². The number of thiazole rings is 1. The fourth-order valence-corrected chi connectivity index (χ4v) is 4.50. The number of aromatic amines is 1. The van der Waals surface area contributed by atoms with Crippen LogP contribution in [0.1, 0.15) is 0 Å². The van der Waals surface area contributed by atoms with Crippen LogP contribution < -0.4 is 21.3 Å². The van der Waals surface area contributed by atoms with E-state index in [9.17, 15) is 22.8 Å². The molecule has 12 heteroatoms. The molecular formula is C18H13N5O5S2. The van der Waals surface area contributed by atoms with E-state index in [0.29, 0.717) is 10.9 Å². The first-order valence-electron chi connectivity index (χ1n) is 8.43. The molecule has 0 aliphatic rings. The van der Waals surface area contributed by atoms with Gasteiger partial charge in [0.05, 0.1) is 16.6 Å². The van der Waals surface area contributed by atoms with E-state index in [1.165, 1.54) is 35.8 Å². The molecule has 152 valence electrons. The van der Waals surface area contributed by atoms with Crippen molar-refractivity contribution in [3.63, 3.8) is 0 Å². The predicted octanol–water partition coefficient (Wildman–Crippen LogP) is 1.65. The van der Waals surface area contributed by atoms with Gasteiger partial charge in [-0.1, -0.05) is 12.1 Å². The molecule has 0 fully saturated rings. The molecule has 0 radical (unpaired) electrons. The molecule has 0 spiro atoms. The molecule has 0 unspecified atom stereocenters. The number of carbonyl (C=O) groups excluding carboxylic acids is 1. The molecule has 10 nitrogen and oxygen atoms in total. The summed E-state index contributed by atoms with van der Waals surface area (Å²) in [4.78, 5) is 43.3. The van der Waals surface area contributed by atoms with E-state index in [1.54, 1.807) is 24.3 Å². The fourth-order valence-electron chi connectivity index (χ4n) is 2.76. The van der Waals surface area contributed by atoms with E-state index in [2.05, 4.69) is 15.3 Å². The van der Waals surface area contributed by atoms with Crippen LogP contribution in [0.5, 0.6) is 0 Å². The van der Waals surface area contributed by atoms with Crippen molar-refractivity contribution in [2.75, 3.05) is 5.32 Å². The van der Waals surface area contributed by atoms with Crippen LogP contribution in [0.2, 0.25) is 0 Å². The van der Waals surface area contributed by atoms with Gasteiger partial charge in [-0.25, -0.2) is 23.9 Å². The lowest BCUT2D eigenvalue weighted by Gasteiger charge is -2.09. The average Bonchev–Trinajstić information content (AvgIpc) is 3.25. The van der Waals surface area contributed by atoms with Crippen LogP contribution in [0.25, 0.3) is 16.6 Å². The number of anilines is 1. The van der Waals surface area contributed by atoms with Gasteiger partial charge in [0.2, 0.25) is 4.34 Å². The largest absolute Gasteiger partial charge is 0.333 e. The molecule has 0 bridgehead atoms. The molecule has 0 saturated carbocycles. The molecule has 4 aromatic rings. The summed E-state index contributed by atoms with van der Waals surface area (Å²) in [6.07, 6.45) is 1.31. The lowest BCUT2D eigenvalue weighted by molar-refractivity contribution is 0.256. The molecule has 2 aromatic carbocycles. The summed E-state index contributed by atoms with van der Waals surface area (Å²) in [5, 5.41) is 4.20. The first-order valence-corrected chi connectivity index (χ1v) is 10.8. The number of para-hydroxylation sites is 1. The number of rotatable bonds is 4. The van der Waals surface area contributed by atoms with Gasteiger partial charge in [0.1, 0.15) is 0 Å². The molecular weight excluding hydrogens is 430 g/mol. The first-order chi connectivity index (χ1) is 14.3. The summed E-state index contributed by atoms with van der Waals surface area (Å²) in [7, 11) is -4.06. The highest BCUT2D eigenvalue weighted by Gasteiger charge is 2.20. The summed E-state index contributed by atoms with van der Waals surface area (Å²) in [5.41, 5.74) is -0.113. The summed E-state index contributed by atoms with van der Waals surface area (Å²) in [6.45, 7) is 0. The second kappa shape index (κ2) is 7.57. The Bertz CT molecular complexity index is 1460. The minimum Gasteiger partial charge on any atom is -0.307 e. The highest BCUT2D eigenvalue weighted by atomic mass is 32.2. The predicted molar refractivity (Wildman–Crippen MR) is 112 cm³/mol. The van der Waals surface area contributed by atoms with Crippen LogP contribution in [-0.2, 0) is 10.0 Å². The Morgan fingerprint density at radius 1 is 1.07 bits per heavy atom. The number of nitrogens with zero attached hydrogens (tertiary/aromatic N) is 2. The van der Waals surface area contributed by atoms with Gasteiger partial charge < -0.3 is 10.3 Å². The van der Waals surface area contributed by atoms with Gasteiger partial charge in [-0.2, -0.15) is 8.42 Å². The second-order valence-corrected chi connectivity index (χ2v) is 8.77. The number of sulfonamides is 1. The quantitative estimate of drug-likeness (QED) is 0.438. The van der Waals surface area contributed by atoms with Crippen LogP contribution in [-0.4, -0.2) is 29.0 Å². The van der Waals surface area contributed by atoms with E-state index in [-0.39, 0.29) is 15.7 Å². The Morgan fingerprint density at radius 3 is 2.50 bits per heavy atom. The van der Waals surface area contributed by atoms with Crippen LogP contribution in [0, 0.1) is 0 Å². The van der Waals surface area contributed by atoms with Crippen molar-refractivity contribution in [3.8, 4) is 5.69 Å². The maximum Gasteiger partial charge on any atom is 0.333 e. The Morgan fingerprint density at radius 2 is 1.80 bits per heavy atom. The summed E-state index contributed by atoms with van der Waals surface area (Å²) in [6, 6.07) is 11.4. The van der Waals surface area contributed by atoms with Gasteiger partial charge in [-0.15, -0.1) is 11.3 Å². The number of fused-ring (bicyclic) bond motifs is 1. The van der Waals surface area contributed by atoms with Crippen LogP contribution >= 0.6 is 11.3 Å². The minimum atomic E-state index is -4.06. The molecule has 2 aromatic heterocycles. The Kier molecular flexibility index (Phi) is 4.93. The number of benzene rings is 2. The number of carbonyl (C=O) groups is 1. The highest BCUT2D eigenvalue weighted by Crippen LogP contribution is 2.14. The summed E-state index contributed by atoms with van der Waals surface area (Å²) < 4.78 is 26.6. The number of hydrogen-bond donors (Lipinski definition) is 3. The number of aromatic nitrogens is 3. The number of H-pyrrole nitrogens is 1. The molecule has 0 aliphatic carbocycles. The number of amides is 2. The topological polar surface area (TPSA) is 143 Å².